The molecule has 180 valence electrons. The summed E-state index contributed by atoms with van der Waals surface area (Å²) in [6.07, 6.45) is 3.00. The molecule has 0 spiro atoms. The Bertz CT molecular complexity index is 1230. The normalized spacial score (nSPS) is 16.0. The molecule has 0 saturated heterocycles. The first-order chi connectivity index (χ1) is 17.7. The van der Waals surface area contributed by atoms with E-state index in [4.69, 9.17) is 4.84 Å². The van der Waals surface area contributed by atoms with Crippen LogP contribution < -0.4 is 0 Å². The number of nitrogens with zero attached hydrogens (tertiary/aromatic N) is 2. The first-order valence-electron chi connectivity index (χ1n) is 12.5. The van der Waals surface area contributed by atoms with E-state index in [2.05, 4.69) is 77.7 Å². The molecule has 4 aromatic carbocycles. The zero-order chi connectivity index (χ0) is 24.6. The van der Waals surface area contributed by atoms with Gasteiger partial charge in [-0.25, -0.2) is 4.84 Å². The van der Waals surface area contributed by atoms with E-state index in [1.807, 2.05) is 54.6 Å². The molecular formula is C32H31N2O2+. The topological polar surface area (TPSA) is 32.5 Å². The van der Waals surface area contributed by atoms with Gasteiger partial charge in [-0.1, -0.05) is 121 Å². The van der Waals surface area contributed by atoms with E-state index in [1.54, 1.807) is 0 Å². The van der Waals surface area contributed by atoms with Crippen molar-refractivity contribution in [3.8, 4) is 0 Å². The van der Waals surface area contributed by atoms with E-state index < -0.39 is 0 Å². The minimum absolute atomic E-state index is 0.0301. The summed E-state index contributed by atoms with van der Waals surface area (Å²) in [6.45, 7) is 1.52. The Balaban J connectivity index is 1.48. The van der Waals surface area contributed by atoms with Gasteiger partial charge in [-0.15, -0.1) is 0 Å². The van der Waals surface area contributed by atoms with Crippen molar-refractivity contribution in [3.05, 3.63) is 160 Å². The van der Waals surface area contributed by atoms with Gasteiger partial charge in [-0.05, 0) is 28.7 Å². The first kappa shape index (κ1) is 23.7. The lowest BCUT2D eigenvalue weighted by Crippen LogP contribution is -2.44. The van der Waals surface area contributed by atoms with Crippen molar-refractivity contribution in [2.75, 3.05) is 0 Å². The van der Waals surface area contributed by atoms with Crippen LogP contribution in [0.15, 0.2) is 133 Å². The molecule has 4 aromatic rings. The highest BCUT2D eigenvalue weighted by atomic mass is 16.8. The molecule has 2 atom stereocenters. The second kappa shape index (κ2) is 11.6. The lowest BCUT2D eigenvalue weighted by molar-refractivity contribution is -0.766. The second-order valence-electron chi connectivity index (χ2n) is 9.28. The third-order valence-electron chi connectivity index (χ3n) is 6.63. The maximum Gasteiger partial charge on any atom is 0.297 e. The minimum atomic E-state index is -0.353. The summed E-state index contributed by atoms with van der Waals surface area (Å²) in [4.78, 5) is 22.0. The number of benzene rings is 4. The maximum absolute atomic E-state index is 12.9. The summed E-state index contributed by atoms with van der Waals surface area (Å²) in [5, 5.41) is 0. The monoisotopic (exact) mass is 475 g/mol. The van der Waals surface area contributed by atoms with Gasteiger partial charge in [0.15, 0.2) is 0 Å². The van der Waals surface area contributed by atoms with Gasteiger partial charge in [0, 0.05) is 19.2 Å². The molecular weight excluding hydrogens is 444 g/mol. The molecule has 0 radical (unpaired) electrons. The second-order valence-corrected chi connectivity index (χ2v) is 9.28. The van der Waals surface area contributed by atoms with E-state index >= 15 is 0 Å². The molecule has 0 aromatic heterocycles. The van der Waals surface area contributed by atoms with Crippen LogP contribution in [-0.4, -0.2) is 22.0 Å². The number of hydrogen-bond donors (Lipinski definition) is 0. The Hall–Kier alpha value is -4.02. The van der Waals surface area contributed by atoms with Crippen LogP contribution in [0.25, 0.3) is 0 Å². The van der Waals surface area contributed by atoms with Crippen molar-refractivity contribution in [1.82, 2.24) is 4.90 Å². The van der Waals surface area contributed by atoms with Gasteiger partial charge in [-0.3, -0.25) is 4.90 Å². The molecule has 4 nitrogen and oxygen atoms in total. The van der Waals surface area contributed by atoms with Gasteiger partial charge >= 0.3 is 0 Å². The lowest BCUT2D eigenvalue weighted by atomic mass is 9.97. The number of allylic oxidation sites excluding steroid dienone is 1. The lowest BCUT2D eigenvalue weighted by Gasteiger charge is -2.33. The van der Waals surface area contributed by atoms with Crippen molar-refractivity contribution in [1.29, 1.82) is 0 Å². The molecule has 1 aliphatic heterocycles. The van der Waals surface area contributed by atoms with E-state index in [-0.39, 0.29) is 12.1 Å². The van der Waals surface area contributed by atoms with Crippen LogP contribution in [0.3, 0.4) is 0 Å². The Morgan fingerprint density at radius 1 is 0.639 bits per heavy atom. The molecule has 36 heavy (non-hydrogen) atoms. The zero-order valence-electron chi connectivity index (χ0n) is 20.3. The van der Waals surface area contributed by atoms with Gasteiger partial charge in [0.25, 0.3) is 10.6 Å². The van der Waals surface area contributed by atoms with E-state index in [1.165, 1.54) is 16.7 Å². The molecule has 0 saturated carbocycles. The van der Waals surface area contributed by atoms with Crippen LogP contribution in [0.4, 0.5) is 0 Å². The number of hydrogen-bond acceptors (Lipinski definition) is 3. The summed E-state index contributed by atoms with van der Waals surface area (Å²) in [6, 6.07) is 41.5. The van der Waals surface area contributed by atoms with Gasteiger partial charge in [0.1, 0.15) is 0 Å². The van der Waals surface area contributed by atoms with Gasteiger partial charge < -0.3 is 0 Å². The Labute approximate surface area is 213 Å². The molecule has 0 aliphatic carbocycles. The molecule has 5 rings (SSSR count). The van der Waals surface area contributed by atoms with Gasteiger partial charge in [0.05, 0.1) is 17.4 Å². The molecule has 0 fully saturated rings. The summed E-state index contributed by atoms with van der Waals surface area (Å²) >= 11 is 0. The number of rotatable bonds is 10. The Morgan fingerprint density at radius 3 is 1.58 bits per heavy atom. The molecule has 0 N–H and O–H groups in total. The van der Waals surface area contributed by atoms with E-state index in [9.17, 15) is 4.91 Å². The summed E-state index contributed by atoms with van der Waals surface area (Å²) in [5.74, 6) is 0. The van der Waals surface area contributed by atoms with Crippen LogP contribution in [-0.2, 0) is 30.8 Å². The quantitative estimate of drug-likeness (QED) is 0.262. The van der Waals surface area contributed by atoms with Crippen molar-refractivity contribution in [2.45, 2.75) is 38.1 Å². The van der Waals surface area contributed by atoms with Crippen LogP contribution >= 0.6 is 0 Å². The third kappa shape index (κ3) is 6.15. The third-order valence-corrected chi connectivity index (χ3v) is 6.63. The van der Waals surface area contributed by atoms with Crippen molar-refractivity contribution >= 4 is 0 Å². The van der Waals surface area contributed by atoms with Gasteiger partial charge in [0.2, 0.25) is 6.10 Å². The van der Waals surface area contributed by atoms with Crippen molar-refractivity contribution in [2.24, 2.45) is 0 Å². The first-order valence-corrected chi connectivity index (χ1v) is 12.5. The summed E-state index contributed by atoms with van der Waals surface area (Å²) in [7, 11) is 0. The van der Waals surface area contributed by atoms with Crippen LogP contribution in [0.1, 0.15) is 22.3 Å². The SMILES string of the molecule is O=[N+]1O[C@H]([C@H](Cc2ccccc2)N(Cc2ccccc2)Cc2ccccc2)C=C1Cc1ccccc1. The van der Waals surface area contributed by atoms with Crippen LogP contribution in [0.5, 0.6) is 0 Å². The van der Waals surface area contributed by atoms with Crippen LogP contribution in [0.2, 0.25) is 0 Å². The zero-order valence-corrected chi connectivity index (χ0v) is 20.3. The fraction of sp³-hybridized carbons (Fsp3) is 0.188. The van der Waals surface area contributed by atoms with Crippen LogP contribution in [0, 0.1) is 4.91 Å². The highest BCUT2D eigenvalue weighted by molar-refractivity contribution is 5.23. The van der Waals surface area contributed by atoms with E-state index in [0.29, 0.717) is 12.1 Å². The average molecular weight is 476 g/mol. The standard InChI is InChI=1S/C32H31N2O2/c35-34-30(21-26-13-5-1-6-14-26)23-32(36-34)31(22-27-15-7-2-8-16-27)33(24-28-17-9-3-10-18-28)25-29-19-11-4-12-20-29/h1-20,23,31-32H,21-22,24-25H2/q+1/t31-,32-/m0/s1. The molecule has 4 heteroatoms. The summed E-state index contributed by atoms with van der Waals surface area (Å²) in [5.41, 5.74) is 5.44. The Morgan fingerprint density at radius 2 is 1.08 bits per heavy atom. The Kier molecular flexibility index (Phi) is 7.64. The fourth-order valence-electron chi connectivity index (χ4n) is 4.80. The highest BCUT2D eigenvalue weighted by Gasteiger charge is 2.41. The van der Waals surface area contributed by atoms with Crippen molar-refractivity contribution < 1.29 is 9.76 Å². The van der Waals surface area contributed by atoms with Crippen molar-refractivity contribution in [3.63, 3.8) is 0 Å². The smallest absolute Gasteiger partial charge is 0.287 e. The predicted octanol–water partition coefficient (Wildman–Crippen LogP) is 6.52. The minimum Gasteiger partial charge on any atom is -0.287 e. The highest BCUT2D eigenvalue weighted by Crippen LogP contribution is 2.27. The predicted molar refractivity (Wildman–Crippen MR) is 143 cm³/mol. The fourth-order valence-corrected chi connectivity index (χ4v) is 4.80. The molecule has 1 aliphatic rings. The average Bonchev–Trinajstić information content (AvgIpc) is 3.29. The maximum atomic E-state index is 12.9. The molecule has 0 unspecified atom stereocenters. The molecule has 1 heterocycles. The van der Waals surface area contributed by atoms with Gasteiger partial charge in [-0.2, -0.15) is 0 Å². The molecule has 0 bridgehead atoms. The largest absolute Gasteiger partial charge is 0.297 e. The summed E-state index contributed by atoms with van der Waals surface area (Å²) < 4.78 is 0. The molecule has 0 amide bonds. The van der Waals surface area contributed by atoms with E-state index in [0.717, 1.165) is 30.0 Å².